The minimum atomic E-state index is -0.557. The number of esters is 1. The zero-order valence-electron chi connectivity index (χ0n) is 24.8. The Bertz CT molecular complexity index is 1400. The van der Waals surface area contributed by atoms with Crippen LogP contribution in [0.2, 0.25) is 0 Å². The van der Waals surface area contributed by atoms with Crippen LogP contribution in [0.5, 0.6) is 0 Å². The van der Waals surface area contributed by atoms with Gasteiger partial charge in [-0.3, -0.25) is 14.4 Å². The topological polar surface area (TPSA) is 112 Å². The average Bonchev–Trinajstić information content (AvgIpc) is 3.67. The van der Waals surface area contributed by atoms with Gasteiger partial charge in [0.25, 0.3) is 0 Å². The van der Waals surface area contributed by atoms with Crippen LogP contribution < -0.4 is 5.32 Å². The summed E-state index contributed by atoms with van der Waals surface area (Å²) in [5, 5.41) is 13.9. The number of hydrogen-bond acceptors (Lipinski definition) is 5. The largest absolute Gasteiger partial charge is 0.463 e. The monoisotopic (exact) mass is 585 g/mol. The molecule has 43 heavy (non-hydrogen) atoms. The number of H-pyrrole nitrogens is 1. The first-order valence-corrected chi connectivity index (χ1v) is 15.6. The van der Waals surface area contributed by atoms with Gasteiger partial charge in [-0.2, -0.15) is 0 Å². The molecule has 1 saturated heterocycles. The lowest BCUT2D eigenvalue weighted by atomic mass is 9.93. The quantitative estimate of drug-likeness (QED) is 0.275. The number of nitrogens with zero attached hydrogens (tertiary/aromatic N) is 1. The van der Waals surface area contributed by atoms with E-state index in [-0.39, 0.29) is 49.4 Å². The molecule has 2 aliphatic heterocycles. The second-order valence-electron chi connectivity index (χ2n) is 11.9. The van der Waals surface area contributed by atoms with E-state index < -0.39 is 12.0 Å². The average molecular weight is 586 g/mol. The number of aliphatic hydroxyl groups is 1. The van der Waals surface area contributed by atoms with Gasteiger partial charge in [-0.05, 0) is 68.6 Å². The van der Waals surface area contributed by atoms with Gasteiger partial charge in [-0.25, -0.2) is 0 Å². The molecule has 0 radical (unpaired) electrons. The Morgan fingerprint density at radius 3 is 2.60 bits per heavy atom. The van der Waals surface area contributed by atoms with Crippen molar-refractivity contribution >= 4 is 28.7 Å². The summed E-state index contributed by atoms with van der Waals surface area (Å²) in [6.45, 7) is 0.591. The van der Waals surface area contributed by atoms with Crippen LogP contribution in [-0.4, -0.2) is 64.6 Å². The number of carbonyl (C=O) groups excluding carboxylic acids is 3. The summed E-state index contributed by atoms with van der Waals surface area (Å²) in [6.07, 6.45) is 11.5. The van der Waals surface area contributed by atoms with Crippen LogP contribution >= 0.6 is 0 Å². The highest BCUT2D eigenvalue weighted by Gasteiger charge is 2.32. The Hall–Kier alpha value is -3.91. The van der Waals surface area contributed by atoms with Crippen molar-refractivity contribution in [2.45, 2.75) is 69.9 Å². The van der Waals surface area contributed by atoms with Crippen molar-refractivity contribution in [1.29, 1.82) is 0 Å². The highest BCUT2D eigenvalue weighted by molar-refractivity contribution is 5.87. The molecule has 0 spiro atoms. The minimum absolute atomic E-state index is 0.0462. The third-order valence-electron chi connectivity index (χ3n) is 8.78. The van der Waals surface area contributed by atoms with E-state index in [4.69, 9.17) is 4.74 Å². The van der Waals surface area contributed by atoms with E-state index in [0.717, 1.165) is 47.7 Å². The molecule has 0 saturated carbocycles. The summed E-state index contributed by atoms with van der Waals surface area (Å²) in [5.74, 6) is -1.41. The number of rotatable bonds is 7. The fourth-order valence-corrected chi connectivity index (χ4v) is 6.36. The molecule has 3 aromatic rings. The smallest absolute Gasteiger partial charge is 0.309 e. The number of para-hydroxylation sites is 1. The summed E-state index contributed by atoms with van der Waals surface area (Å²) in [5.41, 5.74) is 3.12. The number of nitrogens with one attached hydrogen (secondary N) is 2. The van der Waals surface area contributed by atoms with Crippen molar-refractivity contribution in [2.75, 3.05) is 19.8 Å². The van der Waals surface area contributed by atoms with Gasteiger partial charge in [0.05, 0.1) is 30.5 Å². The molecular formula is C35H43N3O5. The number of amides is 2. The van der Waals surface area contributed by atoms with Crippen molar-refractivity contribution in [2.24, 2.45) is 11.8 Å². The third-order valence-corrected chi connectivity index (χ3v) is 8.78. The van der Waals surface area contributed by atoms with Crippen LogP contribution in [-0.2, 0) is 32.0 Å². The number of aromatic amines is 1. The molecule has 2 aliphatic rings. The molecule has 4 unspecified atom stereocenters. The van der Waals surface area contributed by atoms with Crippen molar-refractivity contribution in [3.05, 3.63) is 84.1 Å². The summed E-state index contributed by atoms with van der Waals surface area (Å²) in [7, 11) is 0. The maximum Gasteiger partial charge on any atom is 0.309 e. The van der Waals surface area contributed by atoms with Crippen molar-refractivity contribution in [1.82, 2.24) is 15.2 Å². The fraction of sp³-hybridized carbons (Fsp3) is 0.457. The highest BCUT2D eigenvalue weighted by Crippen LogP contribution is 2.24. The SMILES string of the molecule is O=C1NC(Cc2c[nH]c3ccccc23)COC(=O)C(Cc2ccccc2)CCCC=CCC1CC(=O)N1CCCC1CO. The minimum Gasteiger partial charge on any atom is -0.463 e. The third kappa shape index (κ3) is 8.14. The Kier molecular flexibility index (Phi) is 10.7. The maximum absolute atomic E-state index is 13.8. The molecule has 2 amide bonds. The number of benzene rings is 2. The molecule has 1 aromatic heterocycles. The zero-order chi connectivity index (χ0) is 30.0. The fourth-order valence-electron chi connectivity index (χ4n) is 6.36. The predicted molar refractivity (Wildman–Crippen MR) is 166 cm³/mol. The number of aliphatic hydroxyl groups excluding tert-OH is 1. The molecule has 8 nitrogen and oxygen atoms in total. The number of allylic oxidation sites excluding steroid dienone is 2. The van der Waals surface area contributed by atoms with Gasteiger partial charge in [0.15, 0.2) is 0 Å². The standard InChI is InChI=1S/C35H43N3O5/c39-23-30-15-10-18-38(30)33(40)21-26-13-6-1-2-7-14-27(19-25-11-4-3-5-12-25)35(42)43-24-29(37-34(26)41)20-28-22-36-32-17-9-8-16-31(28)32/h1,3-6,8-9,11-12,16-17,22,26-27,29-30,36,39H,2,7,10,13-15,18-21,23-24H2,(H,37,41). The summed E-state index contributed by atoms with van der Waals surface area (Å²) in [6, 6.07) is 17.3. The van der Waals surface area contributed by atoms with Crippen LogP contribution in [0, 0.1) is 11.8 Å². The van der Waals surface area contributed by atoms with Crippen LogP contribution in [0.25, 0.3) is 10.9 Å². The summed E-state index contributed by atoms with van der Waals surface area (Å²) < 4.78 is 5.93. The number of likely N-dealkylation sites (tertiary alicyclic amines) is 1. The van der Waals surface area contributed by atoms with Crippen molar-refractivity contribution in [3.63, 3.8) is 0 Å². The number of hydrogen-bond donors (Lipinski definition) is 3. The van der Waals surface area contributed by atoms with Gasteiger partial charge >= 0.3 is 5.97 Å². The predicted octanol–water partition coefficient (Wildman–Crippen LogP) is 4.72. The lowest BCUT2D eigenvalue weighted by Gasteiger charge is -2.27. The normalized spacial score (nSPS) is 24.0. The Balaban J connectivity index is 1.36. The molecule has 0 aliphatic carbocycles. The summed E-state index contributed by atoms with van der Waals surface area (Å²) >= 11 is 0. The van der Waals surface area contributed by atoms with Crippen molar-refractivity contribution in [3.8, 4) is 0 Å². The first kappa shape index (κ1) is 30.5. The number of aromatic nitrogens is 1. The van der Waals surface area contributed by atoms with Crippen LogP contribution in [0.4, 0.5) is 0 Å². The van der Waals surface area contributed by atoms with E-state index >= 15 is 0 Å². The van der Waals surface area contributed by atoms with E-state index in [1.807, 2.05) is 66.9 Å². The second-order valence-corrected chi connectivity index (χ2v) is 11.9. The maximum atomic E-state index is 13.8. The number of fused-ring (bicyclic) bond motifs is 1. The Morgan fingerprint density at radius 1 is 0.953 bits per heavy atom. The lowest BCUT2D eigenvalue weighted by Crippen LogP contribution is -2.45. The van der Waals surface area contributed by atoms with E-state index in [9.17, 15) is 19.5 Å². The molecule has 2 aromatic carbocycles. The van der Waals surface area contributed by atoms with Gasteiger partial charge in [0.2, 0.25) is 11.8 Å². The van der Waals surface area contributed by atoms with E-state index in [0.29, 0.717) is 32.2 Å². The Morgan fingerprint density at radius 2 is 1.77 bits per heavy atom. The van der Waals surface area contributed by atoms with E-state index in [1.165, 1.54) is 0 Å². The zero-order valence-corrected chi connectivity index (χ0v) is 24.8. The number of ether oxygens (including phenoxy) is 1. The van der Waals surface area contributed by atoms with Gasteiger partial charge in [0.1, 0.15) is 6.61 Å². The Labute approximate surface area is 253 Å². The van der Waals surface area contributed by atoms with E-state index in [2.05, 4.69) is 16.4 Å². The van der Waals surface area contributed by atoms with Gasteiger partial charge in [-0.15, -0.1) is 0 Å². The van der Waals surface area contributed by atoms with Crippen LogP contribution in [0.1, 0.15) is 56.1 Å². The summed E-state index contributed by atoms with van der Waals surface area (Å²) in [4.78, 5) is 45.4. The van der Waals surface area contributed by atoms with Crippen LogP contribution in [0.15, 0.2) is 72.9 Å². The van der Waals surface area contributed by atoms with Gasteiger partial charge < -0.3 is 25.0 Å². The first-order chi connectivity index (χ1) is 21.0. The molecule has 0 bridgehead atoms. The second kappa shape index (κ2) is 15.0. The molecular weight excluding hydrogens is 542 g/mol. The van der Waals surface area contributed by atoms with Gasteiger partial charge in [-0.1, -0.05) is 60.7 Å². The molecule has 5 rings (SSSR count). The highest BCUT2D eigenvalue weighted by atomic mass is 16.5. The molecule has 228 valence electrons. The molecule has 1 fully saturated rings. The van der Waals surface area contributed by atoms with E-state index in [1.54, 1.807) is 4.90 Å². The first-order valence-electron chi connectivity index (χ1n) is 15.6. The molecule has 3 N–H and O–H groups in total. The van der Waals surface area contributed by atoms with Gasteiger partial charge in [0, 0.05) is 30.1 Å². The van der Waals surface area contributed by atoms with Crippen LogP contribution in [0.3, 0.4) is 0 Å². The molecule has 8 heteroatoms. The lowest BCUT2D eigenvalue weighted by molar-refractivity contribution is -0.150. The number of cyclic esters (lactones) is 1. The molecule has 4 atom stereocenters. The van der Waals surface area contributed by atoms with Crippen molar-refractivity contribution < 1.29 is 24.2 Å². The molecule has 3 heterocycles. The number of carbonyl (C=O) groups is 3.